The zero-order valence-electron chi connectivity index (χ0n) is 13.7. The number of rotatable bonds is 6. The van der Waals surface area contributed by atoms with Crippen molar-refractivity contribution in [2.24, 2.45) is 0 Å². The van der Waals surface area contributed by atoms with Crippen LogP contribution in [-0.4, -0.2) is 41.3 Å². The molecule has 7 heteroatoms. The number of methoxy groups -OCH3 is 1. The summed E-state index contributed by atoms with van der Waals surface area (Å²) >= 11 is 0. The fraction of sp³-hybridized carbons (Fsp3) is 0.294. The lowest BCUT2D eigenvalue weighted by atomic mass is 10.2. The standard InChI is InChI=1S/C17H19FN2O4/c1-10-8-14(16(21)19-15(9-24-3)17(22)23)11(2)20(10)13-6-4-12(18)5-7-13/h4-8,15H,9H2,1-3H3,(H,19,21)(H,22,23). The SMILES string of the molecule is COCC(NC(=O)c1cc(C)n(-c2ccc(F)cc2)c1C)C(=O)O. The van der Waals surface area contributed by atoms with Gasteiger partial charge in [0, 0.05) is 24.2 Å². The van der Waals surface area contributed by atoms with Crippen LogP contribution in [0.25, 0.3) is 5.69 Å². The van der Waals surface area contributed by atoms with E-state index in [1.807, 2.05) is 6.92 Å². The molecule has 0 bridgehead atoms. The third kappa shape index (κ3) is 3.62. The van der Waals surface area contributed by atoms with Gasteiger partial charge in [-0.15, -0.1) is 0 Å². The van der Waals surface area contributed by atoms with Crippen LogP contribution in [-0.2, 0) is 9.53 Å². The first kappa shape index (κ1) is 17.7. The van der Waals surface area contributed by atoms with E-state index in [1.54, 1.807) is 29.7 Å². The molecular weight excluding hydrogens is 315 g/mol. The molecule has 1 unspecified atom stereocenters. The number of carboxylic acid groups (broad SMARTS) is 1. The van der Waals surface area contributed by atoms with Gasteiger partial charge in [0.05, 0.1) is 12.2 Å². The molecule has 1 atom stereocenters. The maximum Gasteiger partial charge on any atom is 0.328 e. The Labute approximate surface area is 138 Å². The molecular formula is C17H19FN2O4. The van der Waals surface area contributed by atoms with Gasteiger partial charge in [0.15, 0.2) is 6.04 Å². The van der Waals surface area contributed by atoms with Gasteiger partial charge in [0.2, 0.25) is 0 Å². The summed E-state index contributed by atoms with van der Waals surface area (Å²) in [6.45, 7) is 3.44. The number of carbonyl (C=O) groups excluding carboxylic acids is 1. The first-order valence-corrected chi connectivity index (χ1v) is 7.32. The lowest BCUT2D eigenvalue weighted by Crippen LogP contribution is -2.43. The minimum Gasteiger partial charge on any atom is -0.480 e. The van der Waals surface area contributed by atoms with Gasteiger partial charge in [-0.2, -0.15) is 0 Å². The van der Waals surface area contributed by atoms with Gasteiger partial charge in [-0.1, -0.05) is 0 Å². The van der Waals surface area contributed by atoms with Gasteiger partial charge < -0.3 is 19.7 Å². The Balaban J connectivity index is 2.32. The van der Waals surface area contributed by atoms with Gasteiger partial charge in [-0.05, 0) is 44.2 Å². The number of halogens is 1. The number of aliphatic carboxylic acids is 1. The van der Waals surface area contributed by atoms with Crippen LogP contribution in [0.1, 0.15) is 21.7 Å². The Kier molecular flexibility index (Phi) is 5.35. The molecule has 6 nitrogen and oxygen atoms in total. The molecule has 0 radical (unpaired) electrons. The van der Waals surface area contributed by atoms with Crippen LogP contribution in [0.3, 0.4) is 0 Å². The van der Waals surface area contributed by atoms with E-state index >= 15 is 0 Å². The van der Waals surface area contributed by atoms with E-state index in [9.17, 15) is 14.0 Å². The Morgan fingerprint density at radius 2 is 1.92 bits per heavy atom. The topological polar surface area (TPSA) is 80.6 Å². The number of benzene rings is 1. The molecule has 1 aromatic carbocycles. The number of carboxylic acids is 1. The van der Waals surface area contributed by atoms with E-state index in [-0.39, 0.29) is 12.4 Å². The average Bonchev–Trinajstić information content (AvgIpc) is 2.83. The second-order valence-electron chi connectivity index (χ2n) is 5.42. The predicted octanol–water partition coefficient (Wildman–Crippen LogP) is 2.06. The van der Waals surface area contributed by atoms with Gasteiger partial charge in [-0.25, -0.2) is 9.18 Å². The van der Waals surface area contributed by atoms with Gasteiger partial charge in [0.25, 0.3) is 5.91 Å². The van der Waals surface area contributed by atoms with Crippen molar-refractivity contribution in [3.05, 3.63) is 53.1 Å². The fourth-order valence-corrected chi connectivity index (χ4v) is 2.56. The number of amides is 1. The highest BCUT2D eigenvalue weighted by Crippen LogP contribution is 2.21. The first-order chi connectivity index (χ1) is 11.3. The number of ether oxygens (including phenoxy) is 1. The van der Waals surface area contributed by atoms with Crippen molar-refractivity contribution in [2.75, 3.05) is 13.7 Å². The van der Waals surface area contributed by atoms with E-state index in [0.717, 1.165) is 11.4 Å². The largest absolute Gasteiger partial charge is 0.480 e. The monoisotopic (exact) mass is 334 g/mol. The highest BCUT2D eigenvalue weighted by Gasteiger charge is 2.23. The van der Waals surface area contributed by atoms with Crippen molar-refractivity contribution in [1.82, 2.24) is 9.88 Å². The number of carbonyl (C=O) groups is 2. The first-order valence-electron chi connectivity index (χ1n) is 7.32. The molecule has 1 heterocycles. The number of aromatic nitrogens is 1. The molecule has 0 saturated carbocycles. The molecule has 0 aliphatic rings. The second kappa shape index (κ2) is 7.27. The maximum absolute atomic E-state index is 13.1. The number of aryl methyl sites for hydroxylation is 1. The van der Waals surface area contributed by atoms with Crippen LogP contribution in [0.2, 0.25) is 0 Å². The average molecular weight is 334 g/mol. The molecule has 0 saturated heterocycles. The Bertz CT molecular complexity index is 753. The van der Waals surface area contributed by atoms with E-state index in [4.69, 9.17) is 9.84 Å². The normalized spacial score (nSPS) is 12.0. The molecule has 2 aromatic rings. The molecule has 24 heavy (non-hydrogen) atoms. The van der Waals surface area contributed by atoms with E-state index in [2.05, 4.69) is 5.32 Å². The number of nitrogens with zero attached hydrogens (tertiary/aromatic N) is 1. The van der Waals surface area contributed by atoms with Crippen molar-refractivity contribution in [3.63, 3.8) is 0 Å². The van der Waals surface area contributed by atoms with Crippen molar-refractivity contribution in [1.29, 1.82) is 0 Å². The number of hydrogen-bond donors (Lipinski definition) is 2. The third-order valence-electron chi connectivity index (χ3n) is 3.70. The maximum atomic E-state index is 13.1. The summed E-state index contributed by atoms with van der Waals surface area (Å²) in [7, 11) is 1.36. The van der Waals surface area contributed by atoms with Crippen LogP contribution in [0.5, 0.6) is 0 Å². The van der Waals surface area contributed by atoms with Gasteiger partial charge in [0.1, 0.15) is 5.82 Å². The van der Waals surface area contributed by atoms with Crippen LogP contribution in [0.15, 0.2) is 30.3 Å². The summed E-state index contributed by atoms with van der Waals surface area (Å²) in [6, 6.07) is 6.44. The lowest BCUT2D eigenvalue weighted by molar-refractivity contribution is -0.140. The van der Waals surface area contributed by atoms with Crippen molar-refractivity contribution in [3.8, 4) is 5.69 Å². The highest BCUT2D eigenvalue weighted by molar-refractivity contribution is 5.98. The molecule has 0 fully saturated rings. The summed E-state index contributed by atoms with van der Waals surface area (Å²) in [5, 5.41) is 11.5. The summed E-state index contributed by atoms with van der Waals surface area (Å²) in [6.07, 6.45) is 0. The highest BCUT2D eigenvalue weighted by atomic mass is 19.1. The van der Waals surface area contributed by atoms with Crippen LogP contribution >= 0.6 is 0 Å². The van der Waals surface area contributed by atoms with Crippen molar-refractivity contribution in [2.45, 2.75) is 19.9 Å². The lowest BCUT2D eigenvalue weighted by Gasteiger charge is -2.14. The van der Waals surface area contributed by atoms with E-state index < -0.39 is 17.9 Å². The summed E-state index contributed by atoms with van der Waals surface area (Å²) in [5.41, 5.74) is 2.50. The van der Waals surface area contributed by atoms with Crippen molar-refractivity contribution < 1.29 is 23.8 Å². The van der Waals surface area contributed by atoms with Gasteiger partial charge in [-0.3, -0.25) is 4.79 Å². The predicted molar refractivity (Wildman–Crippen MR) is 86.0 cm³/mol. The minimum absolute atomic E-state index is 0.127. The quantitative estimate of drug-likeness (QED) is 0.847. The van der Waals surface area contributed by atoms with E-state index in [0.29, 0.717) is 11.3 Å². The molecule has 0 spiro atoms. The smallest absolute Gasteiger partial charge is 0.328 e. The Morgan fingerprint density at radius 3 is 2.46 bits per heavy atom. The molecule has 0 aliphatic carbocycles. The zero-order valence-corrected chi connectivity index (χ0v) is 13.7. The number of nitrogens with one attached hydrogen (secondary N) is 1. The molecule has 0 aliphatic heterocycles. The Hall–Kier alpha value is -2.67. The second-order valence-corrected chi connectivity index (χ2v) is 5.42. The van der Waals surface area contributed by atoms with Crippen LogP contribution in [0, 0.1) is 19.7 Å². The summed E-state index contributed by atoms with van der Waals surface area (Å²) in [5.74, 6) is -2.01. The van der Waals surface area contributed by atoms with Gasteiger partial charge >= 0.3 is 5.97 Å². The summed E-state index contributed by atoms with van der Waals surface area (Å²) in [4.78, 5) is 23.5. The summed E-state index contributed by atoms with van der Waals surface area (Å²) < 4.78 is 19.7. The van der Waals surface area contributed by atoms with E-state index in [1.165, 1.54) is 19.2 Å². The fourth-order valence-electron chi connectivity index (χ4n) is 2.56. The van der Waals surface area contributed by atoms with Crippen LogP contribution in [0.4, 0.5) is 4.39 Å². The van der Waals surface area contributed by atoms with Crippen molar-refractivity contribution >= 4 is 11.9 Å². The zero-order chi connectivity index (χ0) is 17.9. The molecule has 2 rings (SSSR count). The molecule has 1 aromatic heterocycles. The molecule has 1 amide bonds. The Morgan fingerprint density at radius 1 is 1.29 bits per heavy atom. The molecule has 2 N–H and O–H groups in total. The number of hydrogen-bond acceptors (Lipinski definition) is 3. The molecule has 128 valence electrons. The van der Waals surface area contributed by atoms with Crippen LogP contribution < -0.4 is 5.32 Å². The third-order valence-corrected chi connectivity index (χ3v) is 3.70. The minimum atomic E-state index is -1.17.